The second-order valence-electron chi connectivity index (χ2n) is 4.50. The van der Waals surface area contributed by atoms with Gasteiger partial charge in [-0.15, -0.1) is 0 Å². The van der Waals surface area contributed by atoms with E-state index in [1.54, 1.807) is 0 Å². The fraction of sp³-hybridized carbons (Fsp3) is 0.357. The maximum atomic E-state index is 6.18. The lowest BCUT2D eigenvalue weighted by atomic mass is 10.1. The minimum Gasteiger partial charge on any atom is -0.306 e. The lowest BCUT2D eigenvalue weighted by Gasteiger charge is -2.15. The molecule has 1 atom stereocenters. The summed E-state index contributed by atoms with van der Waals surface area (Å²) in [6.45, 7) is 4.99. The largest absolute Gasteiger partial charge is 0.306 e. The van der Waals surface area contributed by atoms with Crippen LogP contribution < -0.4 is 5.32 Å². The molecule has 0 saturated heterocycles. The average Bonchev–Trinajstić information content (AvgIpc) is 2.68. The van der Waals surface area contributed by atoms with Crippen molar-refractivity contribution in [1.82, 2.24) is 15.1 Å². The molecule has 1 heterocycles. The molecule has 0 fully saturated rings. The third kappa shape index (κ3) is 2.74. The van der Waals surface area contributed by atoms with Crippen molar-refractivity contribution in [3.8, 4) is 0 Å². The standard InChI is InChI=1S/C14H18ClN3/c1-10(13-6-4-5-7-14(13)15)16-8-12-9-17-18(3)11(12)2/h4-7,9-10,16H,8H2,1-3H3/t10-/m1/s1. The van der Waals surface area contributed by atoms with Crippen LogP contribution in [-0.2, 0) is 13.6 Å². The van der Waals surface area contributed by atoms with Crippen molar-refractivity contribution in [2.45, 2.75) is 26.4 Å². The predicted octanol–water partition coefficient (Wildman–Crippen LogP) is 3.23. The molecule has 1 N–H and O–H groups in total. The van der Waals surface area contributed by atoms with Gasteiger partial charge in [0.25, 0.3) is 0 Å². The number of nitrogens with one attached hydrogen (secondary N) is 1. The number of aryl methyl sites for hydroxylation is 1. The molecule has 2 aromatic rings. The Bertz CT molecular complexity index is 534. The molecule has 0 unspecified atom stereocenters. The number of halogens is 1. The average molecular weight is 264 g/mol. The van der Waals surface area contributed by atoms with Gasteiger partial charge in [0, 0.05) is 35.9 Å². The SMILES string of the molecule is Cc1c(CN[C@H](C)c2ccccc2Cl)cnn1C. The highest BCUT2D eigenvalue weighted by atomic mass is 35.5. The Kier molecular flexibility index (Phi) is 4.04. The van der Waals surface area contributed by atoms with Gasteiger partial charge in [-0.25, -0.2) is 0 Å². The normalized spacial score (nSPS) is 12.7. The second kappa shape index (κ2) is 5.55. The first kappa shape index (κ1) is 13.1. The zero-order valence-corrected chi connectivity index (χ0v) is 11.7. The van der Waals surface area contributed by atoms with Crippen molar-refractivity contribution in [3.05, 3.63) is 52.3 Å². The number of hydrogen-bond donors (Lipinski definition) is 1. The van der Waals surface area contributed by atoms with E-state index in [0.717, 1.165) is 17.1 Å². The van der Waals surface area contributed by atoms with E-state index in [4.69, 9.17) is 11.6 Å². The zero-order valence-electron chi connectivity index (χ0n) is 10.9. The van der Waals surface area contributed by atoms with Crippen LogP contribution in [0.15, 0.2) is 30.5 Å². The summed E-state index contributed by atoms with van der Waals surface area (Å²) in [5.41, 5.74) is 3.53. The van der Waals surface area contributed by atoms with Crippen molar-refractivity contribution in [2.75, 3.05) is 0 Å². The molecule has 0 spiro atoms. The molecular formula is C14H18ClN3. The van der Waals surface area contributed by atoms with E-state index in [2.05, 4.69) is 30.3 Å². The fourth-order valence-corrected chi connectivity index (χ4v) is 2.22. The summed E-state index contributed by atoms with van der Waals surface area (Å²) in [5, 5.41) is 8.51. The van der Waals surface area contributed by atoms with Gasteiger partial charge in [-0.3, -0.25) is 4.68 Å². The molecule has 1 aromatic heterocycles. The summed E-state index contributed by atoms with van der Waals surface area (Å²) in [4.78, 5) is 0. The first-order chi connectivity index (χ1) is 8.59. The first-order valence-electron chi connectivity index (χ1n) is 6.05. The van der Waals surface area contributed by atoms with E-state index in [0.29, 0.717) is 0 Å². The molecule has 0 aliphatic carbocycles. The van der Waals surface area contributed by atoms with Gasteiger partial charge in [0.1, 0.15) is 0 Å². The van der Waals surface area contributed by atoms with Crippen molar-refractivity contribution in [1.29, 1.82) is 0 Å². The molecule has 0 aliphatic heterocycles. The van der Waals surface area contributed by atoms with Crippen LogP contribution in [0.2, 0.25) is 5.02 Å². The van der Waals surface area contributed by atoms with Crippen LogP contribution in [0.25, 0.3) is 0 Å². The van der Waals surface area contributed by atoms with Gasteiger partial charge in [-0.1, -0.05) is 29.8 Å². The molecule has 18 heavy (non-hydrogen) atoms. The molecule has 0 radical (unpaired) electrons. The van der Waals surface area contributed by atoms with E-state index in [1.807, 2.05) is 36.1 Å². The number of rotatable bonds is 4. The van der Waals surface area contributed by atoms with Gasteiger partial charge in [0.15, 0.2) is 0 Å². The van der Waals surface area contributed by atoms with Crippen molar-refractivity contribution in [2.24, 2.45) is 7.05 Å². The second-order valence-corrected chi connectivity index (χ2v) is 4.91. The quantitative estimate of drug-likeness (QED) is 0.918. The van der Waals surface area contributed by atoms with Gasteiger partial charge in [-0.05, 0) is 25.5 Å². The highest BCUT2D eigenvalue weighted by molar-refractivity contribution is 6.31. The van der Waals surface area contributed by atoms with Crippen LogP contribution in [0.5, 0.6) is 0 Å². The summed E-state index contributed by atoms with van der Waals surface area (Å²) in [7, 11) is 1.95. The van der Waals surface area contributed by atoms with Gasteiger partial charge >= 0.3 is 0 Å². The molecule has 0 bridgehead atoms. The molecule has 0 amide bonds. The molecule has 1 aromatic carbocycles. The monoisotopic (exact) mass is 263 g/mol. The maximum Gasteiger partial charge on any atom is 0.0537 e. The molecular weight excluding hydrogens is 246 g/mol. The van der Waals surface area contributed by atoms with Crippen molar-refractivity contribution in [3.63, 3.8) is 0 Å². The summed E-state index contributed by atoms with van der Waals surface area (Å²) in [5.74, 6) is 0. The predicted molar refractivity (Wildman–Crippen MR) is 74.7 cm³/mol. The third-order valence-electron chi connectivity index (χ3n) is 3.31. The Labute approximate surface area is 113 Å². The molecule has 4 heteroatoms. The zero-order chi connectivity index (χ0) is 13.1. The fourth-order valence-electron chi connectivity index (χ4n) is 1.92. The van der Waals surface area contributed by atoms with Crippen LogP contribution in [0, 0.1) is 6.92 Å². The van der Waals surface area contributed by atoms with Crippen LogP contribution in [-0.4, -0.2) is 9.78 Å². The Morgan fingerprint density at radius 2 is 2.11 bits per heavy atom. The van der Waals surface area contributed by atoms with Gasteiger partial charge in [-0.2, -0.15) is 5.10 Å². The van der Waals surface area contributed by atoms with E-state index in [1.165, 1.54) is 11.3 Å². The van der Waals surface area contributed by atoms with Crippen molar-refractivity contribution >= 4 is 11.6 Å². The first-order valence-corrected chi connectivity index (χ1v) is 6.42. The summed E-state index contributed by atoms with van der Waals surface area (Å²) >= 11 is 6.18. The van der Waals surface area contributed by atoms with Crippen LogP contribution in [0.1, 0.15) is 29.8 Å². The molecule has 3 nitrogen and oxygen atoms in total. The molecule has 0 saturated carbocycles. The van der Waals surface area contributed by atoms with Gasteiger partial charge in [0.2, 0.25) is 0 Å². The Balaban J connectivity index is 2.03. The molecule has 0 aliphatic rings. The number of hydrogen-bond acceptors (Lipinski definition) is 2. The minimum absolute atomic E-state index is 0.221. The van der Waals surface area contributed by atoms with Crippen LogP contribution in [0.3, 0.4) is 0 Å². The summed E-state index contributed by atoms with van der Waals surface area (Å²) in [6.07, 6.45) is 1.90. The number of nitrogens with zero attached hydrogens (tertiary/aromatic N) is 2. The van der Waals surface area contributed by atoms with E-state index < -0.39 is 0 Å². The maximum absolute atomic E-state index is 6.18. The highest BCUT2D eigenvalue weighted by Crippen LogP contribution is 2.22. The lowest BCUT2D eigenvalue weighted by Crippen LogP contribution is -2.18. The third-order valence-corrected chi connectivity index (χ3v) is 3.65. The topological polar surface area (TPSA) is 29.9 Å². The van der Waals surface area contributed by atoms with Gasteiger partial charge < -0.3 is 5.32 Å². The van der Waals surface area contributed by atoms with Crippen LogP contribution >= 0.6 is 11.6 Å². The lowest BCUT2D eigenvalue weighted by molar-refractivity contribution is 0.572. The highest BCUT2D eigenvalue weighted by Gasteiger charge is 2.10. The van der Waals surface area contributed by atoms with E-state index in [-0.39, 0.29) is 6.04 Å². The van der Waals surface area contributed by atoms with E-state index >= 15 is 0 Å². The minimum atomic E-state index is 0.221. The Morgan fingerprint density at radius 1 is 1.39 bits per heavy atom. The smallest absolute Gasteiger partial charge is 0.0537 e. The van der Waals surface area contributed by atoms with E-state index in [9.17, 15) is 0 Å². The Morgan fingerprint density at radius 3 is 2.72 bits per heavy atom. The molecule has 96 valence electrons. The van der Waals surface area contributed by atoms with Gasteiger partial charge in [0.05, 0.1) is 6.20 Å². The summed E-state index contributed by atoms with van der Waals surface area (Å²) in [6, 6.07) is 8.15. The Hall–Kier alpha value is -1.32. The van der Waals surface area contributed by atoms with Crippen LogP contribution in [0.4, 0.5) is 0 Å². The molecule has 2 rings (SSSR count). The number of aromatic nitrogens is 2. The number of benzene rings is 1. The van der Waals surface area contributed by atoms with Crippen molar-refractivity contribution < 1.29 is 0 Å². The summed E-state index contributed by atoms with van der Waals surface area (Å²) < 4.78 is 1.89.